The first kappa shape index (κ1) is 16.2. The molecule has 1 aromatic carbocycles. The molecular formula is C13H12ClF3N4O. The summed E-state index contributed by atoms with van der Waals surface area (Å²) in [6, 6.07) is 2.20. The molecule has 0 aliphatic heterocycles. The fourth-order valence-corrected chi connectivity index (χ4v) is 2.10. The van der Waals surface area contributed by atoms with Crippen molar-refractivity contribution >= 4 is 23.2 Å². The van der Waals surface area contributed by atoms with E-state index < -0.39 is 18.3 Å². The Balaban J connectivity index is 2.25. The third-order valence-electron chi connectivity index (χ3n) is 3.01. The van der Waals surface area contributed by atoms with Crippen molar-refractivity contribution in [3.63, 3.8) is 0 Å². The predicted octanol–water partition coefficient (Wildman–Crippen LogP) is 2.93. The Morgan fingerprint density at radius 1 is 1.50 bits per heavy atom. The first-order valence-corrected chi connectivity index (χ1v) is 6.49. The van der Waals surface area contributed by atoms with E-state index in [0.29, 0.717) is 4.57 Å². The second-order valence-corrected chi connectivity index (χ2v) is 4.97. The van der Waals surface area contributed by atoms with Crippen LogP contribution in [0.5, 0.6) is 0 Å². The van der Waals surface area contributed by atoms with Gasteiger partial charge < -0.3 is 10.6 Å². The molecule has 0 aliphatic rings. The monoisotopic (exact) mass is 332 g/mol. The lowest BCUT2D eigenvalue weighted by Gasteiger charge is -2.19. The molecule has 0 atom stereocenters. The highest BCUT2D eigenvalue weighted by Crippen LogP contribution is 2.24. The zero-order valence-corrected chi connectivity index (χ0v) is 12.2. The highest BCUT2D eigenvalue weighted by molar-refractivity contribution is 6.31. The van der Waals surface area contributed by atoms with Crippen LogP contribution in [0.2, 0.25) is 5.02 Å². The fourth-order valence-electron chi connectivity index (χ4n) is 1.90. The third-order valence-corrected chi connectivity index (χ3v) is 3.23. The summed E-state index contributed by atoms with van der Waals surface area (Å²) >= 11 is 5.70. The van der Waals surface area contributed by atoms with Crippen LogP contribution in [0.3, 0.4) is 0 Å². The first-order chi connectivity index (χ1) is 10.3. The number of amides is 1. The van der Waals surface area contributed by atoms with Crippen molar-refractivity contribution in [2.75, 3.05) is 12.8 Å². The molecule has 1 aromatic heterocycles. The van der Waals surface area contributed by atoms with Gasteiger partial charge in [0.2, 0.25) is 0 Å². The number of carbonyl (C=O) groups is 1. The molecule has 22 heavy (non-hydrogen) atoms. The molecule has 1 amide bonds. The van der Waals surface area contributed by atoms with Crippen molar-refractivity contribution in [1.82, 2.24) is 14.5 Å². The molecule has 0 unspecified atom stereocenters. The molecule has 0 spiro atoms. The smallest absolute Gasteiger partial charge is 0.319 e. The number of halogens is 4. The molecular weight excluding hydrogens is 321 g/mol. The normalized spacial score (nSPS) is 11.0. The van der Waals surface area contributed by atoms with E-state index in [0.717, 1.165) is 17.2 Å². The van der Waals surface area contributed by atoms with Gasteiger partial charge in [-0.05, 0) is 12.1 Å². The summed E-state index contributed by atoms with van der Waals surface area (Å²) in [6.45, 7) is -2.96. The number of imidazole rings is 1. The molecule has 0 radical (unpaired) electrons. The van der Waals surface area contributed by atoms with E-state index in [1.807, 2.05) is 0 Å². The molecule has 0 saturated heterocycles. The van der Waals surface area contributed by atoms with Crippen LogP contribution in [0.25, 0.3) is 0 Å². The molecule has 2 aromatic rings. The molecule has 0 bridgehead atoms. The summed E-state index contributed by atoms with van der Waals surface area (Å²) < 4.78 is 39.6. The van der Waals surface area contributed by atoms with Crippen molar-refractivity contribution < 1.29 is 18.0 Å². The molecule has 2 rings (SSSR count). The summed E-state index contributed by atoms with van der Waals surface area (Å²) in [5, 5.41) is 0.0116. The molecule has 1 heterocycles. The Morgan fingerprint density at radius 3 is 2.82 bits per heavy atom. The van der Waals surface area contributed by atoms with E-state index in [4.69, 9.17) is 17.3 Å². The molecule has 0 fully saturated rings. The van der Waals surface area contributed by atoms with Gasteiger partial charge in [-0.3, -0.25) is 9.36 Å². The van der Waals surface area contributed by atoms with Crippen LogP contribution in [0.15, 0.2) is 24.5 Å². The minimum absolute atomic E-state index is 0.00748. The van der Waals surface area contributed by atoms with Gasteiger partial charge in [0.1, 0.15) is 11.6 Å². The number of carbonyl (C=O) groups excluding carboxylic acids is 1. The van der Waals surface area contributed by atoms with Gasteiger partial charge >= 0.3 is 6.55 Å². The van der Waals surface area contributed by atoms with Gasteiger partial charge in [0.15, 0.2) is 0 Å². The van der Waals surface area contributed by atoms with Crippen molar-refractivity contribution in [1.29, 1.82) is 0 Å². The summed E-state index contributed by atoms with van der Waals surface area (Å²) in [4.78, 5) is 17.1. The minimum atomic E-state index is -2.77. The fraction of sp³-hybridized carbons (Fsp3) is 0.231. The number of aromatic nitrogens is 2. The maximum Gasteiger partial charge on any atom is 0.319 e. The van der Waals surface area contributed by atoms with E-state index >= 15 is 0 Å². The second-order valence-electron chi connectivity index (χ2n) is 4.54. The van der Waals surface area contributed by atoms with Crippen molar-refractivity contribution in [2.45, 2.75) is 13.1 Å². The zero-order valence-electron chi connectivity index (χ0n) is 11.4. The molecule has 118 valence electrons. The predicted molar refractivity (Wildman–Crippen MR) is 75.1 cm³/mol. The number of alkyl halides is 2. The van der Waals surface area contributed by atoms with Crippen molar-refractivity contribution in [3.8, 4) is 0 Å². The Hall–Kier alpha value is -2.22. The van der Waals surface area contributed by atoms with Crippen molar-refractivity contribution in [2.24, 2.45) is 0 Å². The maximum absolute atomic E-state index is 13.5. The van der Waals surface area contributed by atoms with Crippen LogP contribution in [0.1, 0.15) is 22.7 Å². The highest BCUT2D eigenvalue weighted by atomic mass is 35.5. The summed E-state index contributed by atoms with van der Waals surface area (Å²) in [5.41, 5.74) is 5.03. The number of rotatable bonds is 4. The summed E-state index contributed by atoms with van der Waals surface area (Å²) in [6.07, 6.45) is 2.30. The van der Waals surface area contributed by atoms with Crippen LogP contribution in [-0.2, 0) is 6.54 Å². The van der Waals surface area contributed by atoms with Crippen LogP contribution in [0, 0.1) is 5.82 Å². The SMILES string of the molecule is CN(Cc1nccn1C(F)F)C(=O)c1cc(Cl)cc(F)c1N. The Labute approximate surface area is 129 Å². The molecule has 0 saturated carbocycles. The average Bonchev–Trinajstić information content (AvgIpc) is 2.90. The number of benzene rings is 1. The number of hydrogen-bond donors (Lipinski definition) is 1. The Kier molecular flexibility index (Phi) is 4.60. The number of nitrogen functional groups attached to an aromatic ring is 1. The van der Waals surface area contributed by atoms with E-state index in [2.05, 4.69) is 4.98 Å². The quantitative estimate of drug-likeness (QED) is 0.876. The Morgan fingerprint density at radius 2 is 2.18 bits per heavy atom. The lowest BCUT2D eigenvalue weighted by molar-refractivity contribution is 0.0612. The first-order valence-electron chi connectivity index (χ1n) is 6.11. The largest absolute Gasteiger partial charge is 0.396 e. The molecule has 5 nitrogen and oxygen atoms in total. The highest BCUT2D eigenvalue weighted by Gasteiger charge is 2.21. The topological polar surface area (TPSA) is 64.2 Å². The van der Waals surface area contributed by atoms with Crippen molar-refractivity contribution in [3.05, 3.63) is 46.8 Å². The van der Waals surface area contributed by atoms with Gasteiger partial charge in [0.05, 0.1) is 17.8 Å². The van der Waals surface area contributed by atoms with Gasteiger partial charge in [-0.15, -0.1) is 0 Å². The van der Waals surface area contributed by atoms with E-state index in [-0.39, 0.29) is 28.6 Å². The summed E-state index contributed by atoms with van der Waals surface area (Å²) in [7, 11) is 1.37. The zero-order chi connectivity index (χ0) is 16.4. The standard InChI is InChI=1S/C13H12ClF3N4O/c1-20(6-10-19-2-3-21(10)13(16)17)12(22)8-4-7(14)5-9(15)11(8)18/h2-5,13H,6,18H2,1H3. The summed E-state index contributed by atoms with van der Waals surface area (Å²) in [5.74, 6) is -1.48. The van der Waals surface area contributed by atoms with E-state index in [1.165, 1.54) is 19.3 Å². The number of nitrogens with two attached hydrogens (primary N) is 1. The van der Waals surface area contributed by atoms with Gasteiger partial charge in [-0.1, -0.05) is 11.6 Å². The maximum atomic E-state index is 13.5. The minimum Gasteiger partial charge on any atom is -0.396 e. The Bertz CT molecular complexity index is 705. The van der Waals surface area contributed by atoms with Crippen LogP contribution < -0.4 is 5.73 Å². The molecule has 9 heteroatoms. The van der Waals surface area contributed by atoms with Gasteiger partial charge in [-0.2, -0.15) is 8.78 Å². The number of anilines is 1. The van der Waals surface area contributed by atoms with E-state index in [9.17, 15) is 18.0 Å². The molecule has 0 aliphatic carbocycles. The van der Waals surface area contributed by atoms with Gasteiger partial charge in [0.25, 0.3) is 5.91 Å². The van der Waals surface area contributed by atoms with E-state index in [1.54, 1.807) is 0 Å². The van der Waals surface area contributed by atoms with Crippen LogP contribution in [0.4, 0.5) is 18.9 Å². The lowest BCUT2D eigenvalue weighted by Crippen LogP contribution is -2.28. The number of nitrogens with zero attached hydrogens (tertiary/aromatic N) is 3. The van der Waals surface area contributed by atoms with Crippen LogP contribution in [-0.4, -0.2) is 27.4 Å². The third kappa shape index (κ3) is 3.16. The second kappa shape index (κ2) is 6.27. The average molecular weight is 333 g/mol. The lowest BCUT2D eigenvalue weighted by atomic mass is 10.1. The number of hydrogen-bond acceptors (Lipinski definition) is 3. The molecule has 2 N–H and O–H groups in total. The van der Waals surface area contributed by atoms with Gasteiger partial charge in [0, 0.05) is 24.5 Å². The van der Waals surface area contributed by atoms with Crippen LogP contribution >= 0.6 is 11.6 Å². The van der Waals surface area contributed by atoms with Gasteiger partial charge in [-0.25, -0.2) is 9.37 Å².